The second-order valence-corrected chi connectivity index (χ2v) is 4.43. The molecule has 3 nitrogen and oxygen atoms in total. The predicted molar refractivity (Wildman–Crippen MR) is 71.5 cm³/mol. The number of carbonyl (C=O) groups excluding carboxylic acids is 1. The van der Waals surface area contributed by atoms with Crippen LogP contribution >= 0.6 is 0 Å². The topological polar surface area (TPSA) is 49.3 Å². The average Bonchev–Trinajstić information content (AvgIpc) is 2.38. The van der Waals surface area contributed by atoms with Gasteiger partial charge in [0, 0.05) is 11.3 Å². The van der Waals surface area contributed by atoms with Gasteiger partial charge in [-0.05, 0) is 42.8 Å². The van der Waals surface area contributed by atoms with E-state index in [-0.39, 0.29) is 11.3 Å². The van der Waals surface area contributed by atoms with E-state index >= 15 is 0 Å². The van der Waals surface area contributed by atoms with Crippen LogP contribution in [0, 0.1) is 18.6 Å². The fraction of sp³-hybridized carbons (Fsp3) is 0.133. The third kappa shape index (κ3) is 3.12. The van der Waals surface area contributed by atoms with Gasteiger partial charge in [-0.2, -0.15) is 0 Å². The Hall–Kier alpha value is -2.43. The lowest BCUT2D eigenvalue weighted by Gasteiger charge is -2.08. The van der Waals surface area contributed by atoms with E-state index in [1.165, 1.54) is 18.2 Å². The Bertz CT molecular complexity index is 636. The molecule has 0 bridgehead atoms. The van der Waals surface area contributed by atoms with Crippen molar-refractivity contribution in [3.8, 4) is 5.75 Å². The van der Waals surface area contributed by atoms with E-state index in [0.717, 1.165) is 12.1 Å². The lowest BCUT2D eigenvalue weighted by Crippen LogP contribution is -2.16. The molecular formula is C15H13F2NO2. The van der Waals surface area contributed by atoms with Crippen LogP contribution < -0.4 is 5.32 Å². The summed E-state index contributed by atoms with van der Waals surface area (Å²) in [5, 5.41) is 11.9. The first-order valence-corrected chi connectivity index (χ1v) is 5.99. The SMILES string of the molecule is Cc1cc(NC(=O)Cc2c(F)cccc2F)ccc1O. The van der Waals surface area contributed by atoms with Crippen LogP contribution in [0.3, 0.4) is 0 Å². The van der Waals surface area contributed by atoms with E-state index in [2.05, 4.69) is 5.32 Å². The highest BCUT2D eigenvalue weighted by atomic mass is 19.1. The molecule has 0 fully saturated rings. The van der Waals surface area contributed by atoms with E-state index in [9.17, 15) is 18.7 Å². The Balaban J connectivity index is 2.11. The van der Waals surface area contributed by atoms with Crippen molar-refractivity contribution in [1.82, 2.24) is 0 Å². The van der Waals surface area contributed by atoms with Gasteiger partial charge in [0.2, 0.25) is 5.91 Å². The smallest absolute Gasteiger partial charge is 0.229 e. The van der Waals surface area contributed by atoms with Crippen LogP contribution in [-0.2, 0) is 11.2 Å². The number of aromatic hydroxyl groups is 1. The quantitative estimate of drug-likeness (QED) is 0.847. The summed E-state index contributed by atoms with van der Waals surface area (Å²) in [6.07, 6.45) is -0.390. The second kappa shape index (κ2) is 5.69. The van der Waals surface area contributed by atoms with E-state index in [1.54, 1.807) is 13.0 Å². The van der Waals surface area contributed by atoms with Crippen molar-refractivity contribution >= 4 is 11.6 Å². The van der Waals surface area contributed by atoms with Crippen molar-refractivity contribution in [2.75, 3.05) is 5.32 Å². The molecule has 0 radical (unpaired) electrons. The number of carbonyl (C=O) groups is 1. The number of aryl methyl sites for hydroxylation is 1. The third-order valence-electron chi connectivity index (χ3n) is 2.88. The second-order valence-electron chi connectivity index (χ2n) is 4.43. The number of phenolic OH excluding ortho intramolecular Hbond substituents is 1. The van der Waals surface area contributed by atoms with Crippen LogP contribution in [0.1, 0.15) is 11.1 Å². The molecule has 0 aromatic heterocycles. The molecule has 0 saturated carbocycles. The monoisotopic (exact) mass is 277 g/mol. The zero-order valence-corrected chi connectivity index (χ0v) is 10.8. The van der Waals surface area contributed by atoms with Gasteiger partial charge in [-0.15, -0.1) is 0 Å². The minimum Gasteiger partial charge on any atom is -0.508 e. The van der Waals surface area contributed by atoms with Crippen molar-refractivity contribution in [3.63, 3.8) is 0 Å². The molecule has 0 aliphatic rings. The molecule has 2 aromatic carbocycles. The normalized spacial score (nSPS) is 10.3. The molecule has 0 spiro atoms. The number of hydrogen-bond acceptors (Lipinski definition) is 2. The molecule has 104 valence electrons. The van der Waals surface area contributed by atoms with Gasteiger partial charge in [-0.25, -0.2) is 8.78 Å². The lowest BCUT2D eigenvalue weighted by atomic mass is 10.1. The summed E-state index contributed by atoms with van der Waals surface area (Å²) in [7, 11) is 0. The molecule has 20 heavy (non-hydrogen) atoms. The first-order chi connectivity index (χ1) is 9.47. The number of rotatable bonds is 3. The van der Waals surface area contributed by atoms with Crippen LogP contribution in [0.4, 0.5) is 14.5 Å². The highest BCUT2D eigenvalue weighted by Crippen LogP contribution is 2.20. The zero-order valence-electron chi connectivity index (χ0n) is 10.8. The molecule has 0 heterocycles. The highest BCUT2D eigenvalue weighted by molar-refractivity contribution is 5.92. The number of anilines is 1. The van der Waals surface area contributed by atoms with Gasteiger partial charge < -0.3 is 10.4 Å². The summed E-state index contributed by atoms with van der Waals surface area (Å²) in [4.78, 5) is 11.8. The van der Waals surface area contributed by atoms with Crippen LogP contribution in [0.5, 0.6) is 5.75 Å². The molecule has 2 N–H and O–H groups in total. The standard InChI is InChI=1S/C15H13F2NO2/c1-9-7-10(5-6-14(9)19)18-15(20)8-11-12(16)3-2-4-13(11)17/h2-7,19H,8H2,1H3,(H,18,20). The maximum absolute atomic E-state index is 13.4. The Morgan fingerprint density at radius 1 is 1.20 bits per heavy atom. The molecule has 2 aromatic rings. The van der Waals surface area contributed by atoms with Crippen molar-refractivity contribution < 1.29 is 18.7 Å². The van der Waals surface area contributed by atoms with Crippen LogP contribution in [0.25, 0.3) is 0 Å². The Kier molecular flexibility index (Phi) is 3.98. The minimum absolute atomic E-state index is 0.114. The van der Waals surface area contributed by atoms with Gasteiger partial charge >= 0.3 is 0 Å². The zero-order chi connectivity index (χ0) is 14.7. The fourth-order valence-corrected chi connectivity index (χ4v) is 1.80. The summed E-state index contributed by atoms with van der Waals surface area (Å²) in [5.74, 6) is -1.91. The van der Waals surface area contributed by atoms with E-state index in [4.69, 9.17) is 0 Å². The van der Waals surface area contributed by atoms with E-state index in [0.29, 0.717) is 11.3 Å². The summed E-state index contributed by atoms with van der Waals surface area (Å²) in [6.45, 7) is 1.68. The predicted octanol–water partition coefficient (Wildman–Crippen LogP) is 3.16. The maximum Gasteiger partial charge on any atom is 0.229 e. The molecule has 1 amide bonds. The molecule has 2 rings (SSSR count). The Morgan fingerprint density at radius 2 is 1.85 bits per heavy atom. The molecule has 0 atom stereocenters. The largest absolute Gasteiger partial charge is 0.508 e. The Labute approximate surface area is 114 Å². The lowest BCUT2D eigenvalue weighted by molar-refractivity contribution is -0.115. The van der Waals surface area contributed by atoms with Gasteiger partial charge in [0.05, 0.1) is 6.42 Å². The van der Waals surface area contributed by atoms with Crippen LogP contribution in [0.15, 0.2) is 36.4 Å². The molecule has 5 heteroatoms. The van der Waals surface area contributed by atoms with Gasteiger partial charge in [-0.1, -0.05) is 6.07 Å². The first-order valence-electron chi connectivity index (χ1n) is 5.99. The average molecular weight is 277 g/mol. The molecule has 0 aliphatic heterocycles. The Morgan fingerprint density at radius 3 is 2.45 bits per heavy atom. The van der Waals surface area contributed by atoms with Gasteiger partial charge in [0.15, 0.2) is 0 Å². The number of phenols is 1. The van der Waals surface area contributed by atoms with Crippen molar-refractivity contribution in [1.29, 1.82) is 0 Å². The van der Waals surface area contributed by atoms with Crippen LogP contribution in [-0.4, -0.2) is 11.0 Å². The molecular weight excluding hydrogens is 264 g/mol. The van der Waals surface area contributed by atoms with Crippen LogP contribution in [0.2, 0.25) is 0 Å². The minimum atomic E-state index is -0.748. The van der Waals surface area contributed by atoms with Gasteiger partial charge in [0.1, 0.15) is 17.4 Å². The first kappa shape index (κ1) is 14.0. The third-order valence-corrected chi connectivity index (χ3v) is 2.88. The van der Waals surface area contributed by atoms with E-state index in [1.807, 2.05) is 0 Å². The van der Waals surface area contributed by atoms with Gasteiger partial charge in [0.25, 0.3) is 0 Å². The van der Waals surface area contributed by atoms with Crippen molar-refractivity contribution in [3.05, 3.63) is 59.2 Å². The fourth-order valence-electron chi connectivity index (χ4n) is 1.80. The van der Waals surface area contributed by atoms with E-state index < -0.39 is 24.0 Å². The highest BCUT2D eigenvalue weighted by Gasteiger charge is 2.13. The van der Waals surface area contributed by atoms with Gasteiger partial charge in [-0.3, -0.25) is 4.79 Å². The molecule has 0 saturated heterocycles. The summed E-state index contributed by atoms with van der Waals surface area (Å²) >= 11 is 0. The summed E-state index contributed by atoms with van der Waals surface area (Å²) in [5.41, 5.74) is 0.794. The maximum atomic E-state index is 13.4. The van der Waals surface area contributed by atoms with Crippen molar-refractivity contribution in [2.24, 2.45) is 0 Å². The summed E-state index contributed by atoms with van der Waals surface area (Å²) < 4.78 is 26.8. The number of halogens is 2. The number of hydrogen-bond donors (Lipinski definition) is 2. The number of amides is 1. The molecule has 0 aliphatic carbocycles. The number of nitrogens with one attached hydrogen (secondary N) is 1. The molecule has 0 unspecified atom stereocenters. The number of benzene rings is 2. The van der Waals surface area contributed by atoms with Crippen molar-refractivity contribution in [2.45, 2.75) is 13.3 Å². The summed E-state index contributed by atoms with van der Waals surface area (Å²) in [6, 6.07) is 7.99.